The van der Waals surface area contributed by atoms with E-state index < -0.39 is 0 Å². The van der Waals surface area contributed by atoms with Crippen LogP contribution < -0.4 is 4.74 Å². The van der Waals surface area contributed by atoms with Gasteiger partial charge in [-0.25, -0.2) is 4.52 Å². The van der Waals surface area contributed by atoms with Crippen molar-refractivity contribution in [3.05, 3.63) is 72.7 Å². The molecule has 1 aliphatic heterocycles. The number of ether oxygens (including phenoxy) is 2. The van der Waals surface area contributed by atoms with E-state index in [0.29, 0.717) is 37.6 Å². The molecule has 0 unspecified atom stereocenters. The highest BCUT2D eigenvalue weighted by Crippen LogP contribution is 2.28. The maximum Gasteiger partial charge on any atom is 0.255 e. The van der Waals surface area contributed by atoms with Gasteiger partial charge in [0.05, 0.1) is 42.8 Å². The first-order valence-electron chi connectivity index (χ1n) is 10.9. The van der Waals surface area contributed by atoms with Crippen LogP contribution in [0.2, 0.25) is 0 Å². The van der Waals surface area contributed by atoms with Gasteiger partial charge in [0.15, 0.2) is 0 Å². The van der Waals surface area contributed by atoms with Crippen LogP contribution in [0.15, 0.2) is 67.1 Å². The summed E-state index contributed by atoms with van der Waals surface area (Å²) in [6, 6.07) is 15.4. The third-order valence-corrected chi connectivity index (χ3v) is 5.65. The van der Waals surface area contributed by atoms with Gasteiger partial charge in [-0.15, -0.1) is 0 Å². The number of aliphatic hydroxyl groups is 1. The van der Waals surface area contributed by atoms with E-state index in [1.165, 1.54) is 0 Å². The molecule has 33 heavy (non-hydrogen) atoms. The van der Waals surface area contributed by atoms with Crippen LogP contribution in [0, 0.1) is 0 Å². The van der Waals surface area contributed by atoms with Gasteiger partial charge < -0.3 is 19.5 Å². The Bertz CT molecular complexity index is 1250. The highest BCUT2D eigenvalue weighted by atomic mass is 16.5. The molecule has 0 spiro atoms. The Morgan fingerprint density at radius 2 is 1.79 bits per heavy atom. The molecular weight excluding hydrogens is 420 g/mol. The number of hydrogen-bond acceptors (Lipinski definition) is 6. The van der Waals surface area contributed by atoms with Crippen LogP contribution in [0.5, 0.6) is 5.75 Å². The molecule has 5 rings (SSSR count). The monoisotopic (exact) mass is 444 g/mol. The largest absolute Gasteiger partial charge is 0.491 e. The van der Waals surface area contributed by atoms with Crippen LogP contribution in [0.1, 0.15) is 10.4 Å². The first-order chi connectivity index (χ1) is 16.2. The lowest BCUT2D eigenvalue weighted by Crippen LogP contribution is -2.40. The summed E-state index contributed by atoms with van der Waals surface area (Å²) in [5, 5.41) is 13.4. The van der Waals surface area contributed by atoms with Crippen molar-refractivity contribution >= 4 is 11.4 Å². The van der Waals surface area contributed by atoms with Crippen LogP contribution in [0.3, 0.4) is 0 Å². The molecule has 8 heteroatoms. The molecule has 1 aromatic carbocycles. The first kappa shape index (κ1) is 21.1. The molecule has 0 saturated carbocycles. The van der Waals surface area contributed by atoms with Gasteiger partial charge in [0, 0.05) is 36.6 Å². The summed E-state index contributed by atoms with van der Waals surface area (Å²) in [7, 11) is 0. The predicted octanol–water partition coefficient (Wildman–Crippen LogP) is 2.91. The summed E-state index contributed by atoms with van der Waals surface area (Å²) in [5.41, 5.74) is 5.28. The van der Waals surface area contributed by atoms with Gasteiger partial charge in [0.25, 0.3) is 5.91 Å². The Morgan fingerprint density at radius 1 is 1.00 bits per heavy atom. The Balaban J connectivity index is 1.35. The second-order valence-corrected chi connectivity index (χ2v) is 7.74. The third kappa shape index (κ3) is 4.44. The van der Waals surface area contributed by atoms with Gasteiger partial charge in [-0.2, -0.15) is 5.10 Å². The number of pyridine rings is 2. The average molecular weight is 444 g/mol. The zero-order chi connectivity index (χ0) is 22.6. The van der Waals surface area contributed by atoms with Crippen LogP contribution in [-0.2, 0) is 4.74 Å². The van der Waals surface area contributed by atoms with Crippen molar-refractivity contribution < 1.29 is 19.4 Å². The van der Waals surface area contributed by atoms with Crippen LogP contribution in [0.4, 0.5) is 0 Å². The smallest absolute Gasteiger partial charge is 0.255 e. The molecule has 168 valence electrons. The summed E-state index contributed by atoms with van der Waals surface area (Å²) in [6.07, 6.45) is 5.40. The lowest BCUT2D eigenvalue weighted by atomic mass is 10.1. The number of nitrogens with zero attached hydrogens (tertiary/aromatic N) is 4. The Morgan fingerprint density at radius 3 is 2.52 bits per heavy atom. The number of amides is 1. The minimum Gasteiger partial charge on any atom is -0.491 e. The van der Waals surface area contributed by atoms with Gasteiger partial charge in [0.2, 0.25) is 0 Å². The van der Waals surface area contributed by atoms with Crippen LogP contribution in [0.25, 0.3) is 27.9 Å². The van der Waals surface area contributed by atoms with Gasteiger partial charge in [-0.3, -0.25) is 9.78 Å². The SMILES string of the molecule is O=C(c1ccc(-c2ccc3c(-c4ccc(OCCO)cc4)cnn3c2)nc1)N1CCOCC1. The van der Waals surface area contributed by atoms with Crippen molar-refractivity contribution in [2.75, 3.05) is 39.5 Å². The molecule has 0 radical (unpaired) electrons. The number of morpholine rings is 1. The second-order valence-electron chi connectivity index (χ2n) is 7.74. The van der Waals surface area contributed by atoms with E-state index in [1.54, 1.807) is 11.1 Å². The van der Waals surface area contributed by atoms with Crippen LogP contribution in [-0.4, -0.2) is 70.0 Å². The fourth-order valence-electron chi connectivity index (χ4n) is 3.89. The van der Waals surface area contributed by atoms with Crippen molar-refractivity contribution in [2.24, 2.45) is 0 Å². The average Bonchev–Trinajstić information content (AvgIpc) is 3.31. The second kappa shape index (κ2) is 9.40. The maximum absolute atomic E-state index is 12.6. The molecular formula is C25H24N4O4. The van der Waals surface area contributed by atoms with E-state index >= 15 is 0 Å². The quantitative estimate of drug-likeness (QED) is 0.492. The van der Waals surface area contributed by atoms with E-state index in [4.69, 9.17) is 14.6 Å². The molecule has 1 N–H and O–H groups in total. The molecule has 3 aromatic heterocycles. The normalized spacial score (nSPS) is 13.9. The van der Waals surface area contributed by atoms with E-state index in [2.05, 4.69) is 10.1 Å². The summed E-state index contributed by atoms with van der Waals surface area (Å²) >= 11 is 0. The fourth-order valence-corrected chi connectivity index (χ4v) is 3.89. The molecule has 0 bridgehead atoms. The van der Waals surface area contributed by atoms with Crippen LogP contribution >= 0.6 is 0 Å². The molecule has 4 aromatic rings. The molecule has 1 aliphatic rings. The van der Waals surface area contributed by atoms with E-state index in [9.17, 15) is 4.79 Å². The lowest BCUT2D eigenvalue weighted by Gasteiger charge is -2.26. The summed E-state index contributed by atoms with van der Waals surface area (Å²) in [6.45, 7) is 2.62. The molecule has 1 saturated heterocycles. The summed E-state index contributed by atoms with van der Waals surface area (Å²) < 4.78 is 12.6. The lowest BCUT2D eigenvalue weighted by molar-refractivity contribution is 0.0302. The summed E-state index contributed by atoms with van der Waals surface area (Å²) in [5.74, 6) is 0.700. The zero-order valence-corrected chi connectivity index (χ0v) is 18.1. The van der Waals surface area contributed by atoms with Crippen molar-refractivity contribution in [1.82, 2.24) is 19.5 Å². The Hall–Kier alpha value is -3.75. The van der Waals surface area contributed by atoms with Crippen molar-refractivity contribution in [1.29, 1.82) is 0 Å². The molecule has 4 heterocycles. The minimum absolute atomic E-state index is 0.0140. The third-order valence-electron chi connectivity index (χ3n) is 5.65. The van der Waals surface area contributed by atoms with Gasteiger partial charge in [-0.1, -0.05) is 12.1 Å². The maximum atomic E-state index is 12.6. The van der Waals surface area contributed by atoms with Crippen molar-refractivity contribution in [3.8, 4) is 28.1 Å². The number of hydrogen-bond donors (Lipinski definition) is 1. The molecule has 0 aliphatic carbocycles. The molecule has 0 atom stereocenters. The van der Waals surface area contributed by atoms with E-state index in [1.807, 2.05) is 65.4 Å². The highest BCUT2D eigenvalue weighted by Gasteiger charge is 2.19. The number of aromatic nitrogens is 3. The number of rotatable bonds is 6. The van der Waals surface area contributed by atoms with Gasteiger partial charge >= 0.3 is 0 Å². The summed E-state index contributed by atoms with van der Waals surface area (Å²) in [4.78, 5) is 18.9. The Labute approximate surface area is 191 Å². The Kier molecular flexibility index (Phi) is 6.01. The van der Waals surface area contributed by atoms with Gasteiger partial charge in [0.1, 0.15) is 12.4 Å². The fraction of sp³-hybridized carbons (Fsp3) is 0.240. The minimum atomic E-state index is -0.0164. The number of fused-ring (bicyclic) bond motifs is 1. The zero-order valence-electron chi connectivity index (χ0n) is 18.1. The molecule has 8 nitrogen and oxygen atoms in total. The predicted molar refractivity (Wildman–Crippen MR) is 123 cm³/mol. The first-order valence-corrected chi connectivity index (χ1v) is 10.9. The number of aliphatic hydroxyl groups excluding tert-OH is 1. The number of carbonyl (C=O) groups is 1. The number of carbonyl (C=O) groups excluding carboxylic acids is 1. The van der Waals surface area contributed by atoms with E-state index in [-0.39, 0.29) is 19.1 Å². The van der Waals surface area contributed by atoms with Gasteiger partial charge in [-0.05, 0) is 42.0 Å². The molecule has 1 amide bonds. The highest BCUT2D eigenvalue weighted by molar-refractivity contribution is 5.94. The van der Waals surface area contributed by atoms with Crippen molar-refractivity contribution in [2.45, 2.75) is 0 Å². The number of benzene rings is 1. The molecule has 1 fully saturated rings. The van der Waals surface area contributed by atoms with E-state index in [0.717, 1.165) is 27.9 Å². The van der Waals surface area contributed by atoms with Crippen molar-refractivity contribution in [3.63, 3.8) is 0 Å². The topological polar surface area (TPSA) is 89.2 Å². The standard InChI is InChI=1S/C25H24N4O4/c30-11-14-33-21-5-1-18(2-6-21)22-16-27-29-17-20(4-8-24(22)29)23-7-3-19(15-26-23)25(31)28-9-12-32-13-10-28/h1-8,15-17,30H,9-14H2.